The van der Waals surface area contributed by atoms with Crippen LogP contribution in [0, 0.1) is 26.2 Å². The van der Waals surface area contributed by atoms with Gasteiger partial charge in [-0.15, -0.1) is 29.6 Å². The SMILES string of the molecule is Cc1cccc(C)c1-n1c(C)csc1=NC(O)NCC(C)(C)Cc1ccc(-c2ncn(-c3ccc(OC(F)(F)F)cc3)n2)cc1. The molecule has 0 fully saturated rings. The van der Waals surface area contributed by atoms with Crippen molar-refractivity contribution >= 4 is 11.3 Å². The zero-order valence-electron chi connectivity index (χ0n) is 25.6. The number of aryl methyl sites for hydroxylation is 3. The fourth-order valence-electron chi connectivity index (χ4n) is 5.14. The van der Waals surface area contributed by atoms with Crippen molar-refractivity contribution in [3.8, 4) is 28.5 Å². The van der Waals surface area contributed by atoms with E-state index in [1.807, 2.05) is 42.6 Å². The van der Waals surface area contributed by atoms with Gasteiger partial charge in [0.2, 0.25) is 6.35 Å². The van der Waals surface area contributed by atoms with Gasteiger partial charge in [-0.25, -0.2) is 14.7 Å². The van der Waals surface area contributed by atoms with Crippen LogP contribution in [0.25, 0.3) is 22.8 Å². The first kappa shape index (κ1) is 32.1. The minimum absolute atomic E-state index is 0.187. The molecule has 0 aliphatic heterocycles. The Hall–Kier alpha value is -4.26. The number of para-hydroxylation sites is 1. The molecule has 0 bridgehead atoms. The van der Waals surface area contributed by atoms with Crippen molar-refractivity contribution in [2.45, 2.75) is 53.8 Å². The molecule has 236 valence electrons. The monoisotopic (exact) mass is 636 g/mol. The van der Waals surface area contributed by atoms with E-state index < -0.39 is 12.7 Å². The predicted molar refractivity (Wildman–Crippen MR) is 168 cm³/mol. The normalized spacial score (nSPS) is 13.3. The summed E-state index contributed by atoms with van der Waals surface area (Å²) in [5, 5.41) is 20.5. The summed E-state index contributed by atoms with van der Waals surface area (Å²) in [6.45, 7) is 11.0. The Morgan fingerprint density at radius 1 is 0.978 bits per heavy atom. The minimum atomic E-state index is -4.74. The summed E-state index contributed by atoms with van der Waals surface area (Å²) in [4.78, 5) is 9.68. The number of thiazole rings is 1. The summed E-state index contributed by atoms with van der Waals surface area (Å²) in [5.41, 5.74) is 6.71. The summed E-state index contributed by atoms with van der Waals surface area (Å²) in [5.74, 6) is 0.188. The van der Waals surface area contributed by atoms with Gasteiger partial charge in [-0.3, -0.25) is 9.88 Å². The molecule has 5 rings (SSSR count). The molecule has 1 atom stereocenters. The quantitative estimate of drug-likeness (QED) is 0.168. The molecule has 0 aliphatic rings. The first-order valence-corrected chi connectivity index (χ1v) is 15.2. The number of nitrogens with zero attached hydrogens (tertiary/aromatic N) is 5. The molecule has 45 heavy (non-hydrogen) atoms. The van der Waals surface area contributed by atoms with Gasteiger partial charge in [0.15, 0.2) is 10.6 Å². The molecule has 1 unspecified atom stereocenters. The third kappa shape index (κ3) is 8.07. The molecule has 0 aliphatic carbocycles. The second-order valence-electron chi connectivity index (χ2n) is 11.7. The van der Waals surface area contributed by atoms with Crippen molar-refractivity contribution < 1.29 is 23.0 Å². The van der Waals surface area contributed by atoms with Gasteiger partial charge in [-0.05, 0) is 73.6 Å². The van der Waals surface area contributed by atoms with Crippen LogP contribution < -0.4 is 14.9 Å². The fraction of sp³-hybridized carbons (Fsp3) is 0.303. The summed E-state index contributed by atoms with van der Waals surface area (Å²) < 4.78 is 44.8. The van der Waals surface area contributed by atoms with Crippen LogP contribution in [0.15, 0.2) is 83.4 Å². The summed E-state index contributed by atoms with van der Waals surface area (Å²) in [7, 11) is 0. The maximum Gasteiger partial charge on any atom is 0.573 e. The van der Waals surface area contributed by atoms with Crippen LogP contribution in [0.5, 0.6) is 5.75 Å². The van der Waals surface area contributed by atoms with Crippen LogP contribution in [-0.4, -0.2) is 43.7 Å². The lowest BCUT2D eigenvalue weighted by Gasteiger charge is -2.26. The predicted octanol–water partition coefficient (Wildman–Crippen LogP) is 6.65. The van der Waals surface area contributed by atoms with E-state index in [4.69, 9.17) is 0 Å². The Balaban J connectivity index is 1.21. The molecule has 3 aromatic carbocycles. The summed E-state index contributed by atoms with van der Waals surface area (Å²) >= 11 is 1.50. The second kappa shape index (κ2) is 13.0. The highest BCUT2D eigenvalue weighted by Gasteiger charge is 2.31. The molecular formula is C33H35F3N6O2S. The van der Waals surface area contributed by atoms with Crippen molar-refractivity contribution in [3.63, 3.8) is 0 Å². The number of benzene rings is 3. The summed E-state index contributed by atoms with van der Waals surface area (Å²) in [6.07, 6.45) is -3.54. The van der Waals surface area contributed by atoms with E-state index in [1.165, 1.54) is 46.6 Å². The number of halogens is 3. The van der Waals surface area contributed by atoms with Crippen molar-refractivity contribution in [2.24, 2.45) is 10.4 Å². The molecule has 8 nitrogen and oxygen atoms in total. The first-order chi connectivity index (χ1) is 21.3. The van der Waals surface area contributed by atoms with Gasteiger partial charge in [-0.2, -0.15) is 0 Å². The smallest absolute Gasteiger partial charge is 0.406 e. The second-order valence-corrected chi connectivity index (χ2v) is 12.5. The number of aliphatic hydroxyl groups excluding tert-OH is 1. The van der Waals surface area contributed by atoms with Gasteiger partial charge in [0.1, 0.15) is 12.1 Å². The molecule has 5 aromatic rings. The van der Waals surface area contributed by atoms with Crippen molar-refractivity contribution in [1.82, 2.24) is 24.6 Å². The van der Waals surface area contributed by atoms with Gasteiger partial charge in [0.05, 0.1) is 11.4 Å². The molecule has 2 N–H and O–H groups in total. The first-order valence-electron chi connectivity index (χ1n) is 14.3. The van der Waals surface area contributed by atoms with E-state index in [1.54, 1.807) is 0 Å². The Labute approximate surface area is 263 Å². The number of ether oxygens (including phenoxy) is 1. The zero-order chi connectivity index (χ0) is 32.4. The standard InChI is InChI=1S/C33H35F3N6O2S/c1-21-7-6-8-22(2)28(21)42-23(3)18-45-31(42)39-30(43)37-19-32(4,5)17-24-9-11-25(12-10-24)29-38-20-41(40-29)26-13-15-27(16-14-26)44-33(34,35)36/h6-16,18,20,30,37,43H,17,19H2,1-5H3. The third-order valence-electron chi connectivity index (χ3n) is 7.26. The lowest BCUT2D eigenvalue weighted by molar-refractivity contribution is -0.274. The van der Waals surface area contributed by atoms with E-state index in [-0.39, 0.29) is 11.2 Å². The van der Waals surface area contributed by atoms with Crippen LogP contribution >= 0.6 is 11.3 Å². The largest absolute Gasteiger partial charge is 0.573 e. The maximum absolute atomic E-state index is 12.4. The Bertz CT molecular complexity index is 1800. The van der Waals surface area contributed by atoms with Gasteiger partial charge < -0.3 is 9.84 Å². The van der Waals surface area contributed by atoms with Gasteiger partial charge in [0.25, 0.3) is 0 Å². The molecule has 2 aromatic heterocycles. The highest BCUT2D eigenvalue weighted by atomic mass is 32.1. The Kier molecular flexibility index (Phi) is 9.28. The average Bonchev–Trinajstić information content (AvgIpc) is 3.60. The van der Waals surface area contributed by atoms with Crippen LogP contribution in [0.2, 0.25) is 0 Å². The van der Waals surface area contributed by atoms with Crippen molar-refractivity contribution in [2.75, 3.05) is 6.54 Å². The molecule has 0 saturated heterocycles. The molecular weight excluding hydrogens is 601 g/mol. The third-order valence-corrected chi connectivity index (χ3v) is 8.22. The van der Waals surface area contributed by atoms with E-state index in [0.29, 0.717) is 18.1 Å². The van der Waals surface area contributed by atoms with E-state index in [2.05, 4.69) is 69.5 Å². The highest BCUT2D eigenvalue weighted by molar-refractivity contribution is 7.07. The summed E-state index contributed by atoms with van der Waals surface area (Å²) in [6, 6.07) is 19.5. The van der Waals surface area contributed by atoms with Gasteiger partial charge in [-0.1, -0.05) is 56.3 Å². The van der Waals surface area contributed by atoms with Crippen LogP contribution in [0.1, 0.15) is 36.2 Å². The number of hydrogen-bond donors (Lipinski definition) is 2. The molecule has 0 radical (unpaired) electrons. The number of hydrogen-bond acceptors (Lipinski definition) is 7. The number of rotatable bonds is 10. The number of aliphatic hydroxyl groups is 1. The molecule has 12 heteroatoms. The van der Waals surface area contributed by atoms with E-state index in [9.17, 15) is 18.3 Å². The van der Waals surface area contributed by atoms with Crippen LogP contribution in [0.3, 0.4) is 0 Å². The number of nitrogens with one attached hydrogen (secondary N) is 1. The fourth-order valence-corrected chi connectivity index (χ4v) is 6.02. The Morgan fingerprint density at radius 2 is 1.64 bits per heavy atom. The molecule has 2 heterocycles. The van der Waals surface area contributed by atoms with Gasteiger partial charge in [0, 0.05) is 23.2 Å². The molecule has 0 saturated carbocycles. The highest BCUT2D eigenvalue weighted by Crippen LogP contribution is 2.26. The maximum atomic E-state index is 12.4. The van der Waals surface area contributed by atoms with Gasteiger partial charge >= 0.3 is 6.36 Å². The topological polar surface area (TPSA) is 89.5 Å². The van der Waals surface area contributed by atoms with Crippen LogP contribution in [-0.2, 0) is 6.42 Å². The lowest BCUT2D eigenvalue weighted by atomic mass is 9.85. The average molecular weight is 637 g/mol. The zero-order valence-corrected chi connectivity index (χ0v) is 26.4. The molecule has 0 spiro atoms. The van der Waals surface area contributed by atoms with Crippen molar-refractivity contribution in [3.05, 3.63) is 106 Å². The minimum Gasteiger partial charge on any atom is -0.406 e. The number of aromatic nitrogens is 4. The Morgan fingerprint density at radius 3 is 2.29 bits per heavy atom. The van der Waals surface area contributed by atoms with E-state index >= 15 is 0 Å². The van der Waals surface area contributed by atoms with Crippen molar-refractivity contribution in [1.29, 1.82) is 0 Å². The van der Waals surface area contributed by atoms with E-state index in [0.717, 1.165) is 44.9 Å². The lowest BCUT2D eigenvalue weighted by Crippen LogP contribution is -2.38. The van der Waals surface area contributed by atoms with Crippen LogP contribution in [0.4, 0.5) is 13.2 Å². The number of alkyl halides is 3. The molecule has 0 amide bonds.